The van der Waals surface area contributed by atoms with E-state index in [-0.39, 0.29) is 5.41 Å². The summed E-state index contributed by atoms with van der Waals surface area (Å²) >= 11 is 1.94. The first-order valence-corrected chi connectivity index (χ1v) is 12.2. The molecule has 2 saturated carbocycles. The van der Waals surface area contributed by atoms with E-state index in [2.05, 4.69) is 31.7 Å². The Kier molecular flexibility index (Phi) is 7.20. The molecular formula is C25H38O3S. The molecule has 3 nitrogen and oxygen atoms in total. The monoisotopic (exact) mass is 418 g/mol. The zero-order valence-corrected chi connectivity index (χ0v) is 19.1. The van der Waals surface area contributed by atoms with Crippen molar-refractivity contribution in [3.63, 3.8) is 0 Å². The molecule has 3 N–H and O–H groups in total. The van der Waals surface area contributed by atoms with Gasteiger partial charge in [0.25, 0.3) is 0 Å². The third-order valence-corrected chi connectivity index (χ3v) is 8.10. The second-order valence-corrected chi connectivity index (χ2v) is 11.1. The topological polar surface area (TPSA) is 60.7 Å². The molecule has 4 atom stereocenters. The molecule has 0 saturated heterocycles. The summed E-state index contributed by atoms with van der Waals surface area (Å²) in [4.78, 5) is 0. The maximum Gasteiger partial charge on any atom is 0.0811 e. The summed E-state index contributed by atoms with van der Waals surface area (Å²) in [7, 11) is 0. The Labute approximate surface area is 180 Å². The standard InChI is InChI=1S/C25H38O3S/c1-17-19(14-21(26)15-23(17)27)8-7-18-6-5-11-25(4)20(9-10-22(18)25)16-29-13-12-24(2,3)28/h7-9,21-23,26-28H,1,5-6,10-16H2,2-4H3/t21-,22+,23+,25-/m1/s1. The smallest absolute Gasteiger partial charge is 0.0811 e. The van der Waals surface area contributed by atoms with Gasteiger partial charge >= 0.3 is 0 Å². The van der Waals surface area contributed by atoms with Crippen LogP contribution in [0.5, 0.6) is 0 Å². The summed E-state index contributed by atoms with van der Waals surface area (Å²) in [6, 6.07) is 0. The zero-order chi connectivity index (χ0) is 21.2. The van der Waals surface area contributed by atoms with Gasteiger partial charge < -0.3 is 15.3 Å². The number of rotatable bonds is 6. The second-order valence-electron chi connectivity index (χ2n) is 9.97. The number of hydrogen-bond acceptors (Lipinski definition) is 4. The maximum atomic E-state index is 10.1. The molecule has 0 aliphatic heterocycles. The summed E-state index contributed by atoms with van der Waals surface area (Å²) in [5, 5.41) is 30.0. The molecule has 0 spiro atoms. The van der Waals surface area contributed by atoms with E-state index < -0.39 is 17.8 Å². The first kappa shape index (κ1) is 22.9. The van der Waals surface area contributed by atoms with Crippen LogP contribution in [0.2, 0.25) is 0 Å². The van der Waals surface area contributed by atoms with E-state index in [0.717, 1.165) is 41.9 Å². The quantitative estimate of drug-likeness (QED) is 0.422. The Morgan fingerprint density at radius 1 is 1.31 bits per heavy atom. The molecule has 0 aromatic heterocycles. The van der Waals surface area contributed by atoms with Crippen molar-refractivity contribution >= 4 is 11.8 Å². The van der Waals surface area contributed by atoms with Crippen LogP contribution in [0, 0.1) is 11.3 Å². The molecule has 4 heteroatoms. The summed E-state index contributed by atoms with van der Waals surface area (Å²) < 4.78 is 0. The Balaban J connectivity index is 1.66. The van der Waals surface area contributed by atoms with E-state index in [1.54, 1.807) is 5.57 Å². The minimum absolute atomic E-state index is 0.243. The first-order valence-electron chi connectivity index (χ1n) is 11.0. The highest BCUT2D eigenvalue weighted by molar-refractivity contribution is 7.99. The van der Waals surface area contributed by atoms with Crippen LogP contribution in [0.25, 0.3) is 0 Å². The van der Waals surface area contributed by atoms with Crippen molar-refractivity contribution in [3.05, 3.63) is 47.1 Å². The van der Waals surface area contributed by atoms with Crippen molar-refractivity contribution in [2.24, 2.45) is 11.3 Å². The molecule has 0 unspecified atom stereocenters. The van der Waals surface area contributed by atoms with Gasteiger partial charge in [0.2, 0.25) is 0 Å². The lowest BCUT2D eigenvalue weighted by atomic mass is 9.64. The third-order valence-electron chi connectivity index (χ3n) is 7.09. The molecule has 0 heterocycles. The highest BCUT2D eigenvalue weighted by atomic mass is 32.2. The summed E-state index contributed by atoms with van der Waals surface area (Å²) in [6.07, 6.45) is 12.2. The van der Waals surface area contributed by atoms with Crippen LogP contribution >= 0.6 is 11.8 Å². The van der Waals surface area contributed by atoms with Crippen molar-refractivity contribution in [2.75, 3.05) is 11.5 Å². The van der Waals surface area contributed by atoms with Gasteiger partial charge in [-0.1, -0.05) is 42.9 Å². The van der Waals surface area contributed by atoms with Gasteiger partial charge in [-0.25, -0.2) is 0 Å². The molecule has 0 bridgehead atoms. The van der Waals surface area contributed by atoms with Crippen LogP contribution in [-0.2, 0) is 0 Å². The fourth-order valence-electron chi connectivity index (χ4n) is 5.10. The molecule has 0 aromatic carbocycles. The predicted molar refractivity (Wildman–Crippen MR) is 123 cm³/mol. The van der Waals surface area contributed by atoms with E-state index in [0.29, 0.717) is 18.8 Å². The fraction of sp³-hybridized carbons (Fsp3) is 0.680. The molecule has 3 aliphatic rings. The molecular weight excluding hydrogens is 380 g/mol. The van der Waals surface area contributed by atoms with E-state index in [1.165, 1.54) is 18.4 Å². The molecule has 0 aromatic rings. The number of fused-ring (bicyclic) bond motifs is 1. The molecule has 0 amide bonds. The highest BCUT2D eigenvalue weighted by Crippen LogP contribution is 2.55. The van der Waals surface area contributed by atoms with Crippen LogP contribution in [0.15, 0.2) is 47.1 Å². The molecule has 0 radical (unpaired) electrons. The van der Waals surface area contributed by atoms with Gasteiger partial charge in [0.1, 0.15) is 0 Å². The van der Waals surface area contributed by atoms with Gasteiger partial charge in [-0.05, 0) is 80.6 Å². The average Bonchev–Trinajstić information content (AvgIpc) is 2.96. The Morgan fingerprint density at radius 2 is 2.07 bits per heavy atom. The third kappa shape index (κ3) is 5.46. The Hall–Kier alpha value is -0.810. The Morgan fingerprint density at radius 3 is 2.79 bits per heavy atom. The number of aliphatic hydroxyl groups excluding tert-OH is 2. The van der Waals surface area contributed by atoms with Gasteiger partial charge in [-0.15, -0.1) is 0 Å². The van der Waals surface area contributed by atoms with Crippen molar-refractivity contribution in [2.45, 2.75) is 83.5 Å². The van der Waals surface area contributed by atoms with Crippen molar-refractivity contribution in [3.8, 4) is 0 Å². The number of thioether (sulfide) groups is 1. The van der Waals surface area contributed by atoms with Crippen LogP contribution < -0.4 is 0 Å². The minimum Gasteiger partial charge on any atom is -0.393 e. The van der Waals surface area contributed by atoms with Crippen molar-refractivity contribution in [1.82, 2.24) is 0 Å². The normalized spacial score (nSPS) is 35.9. The summed E-state index contributed by atoms with van der Waals surface area (Å²) in [5.74, 6) is 2.61. The Bertz CT molecular complexity index is 712. The van der Waals surface area contributed by atoms with Crippen LogP contribution in [-0.4, -0.2) is 44.6 Å². The highest BCUT2D eigenvalue weighted by Gasteiger charge is 2.44. The van der Waals surface area contributed by atoms with Crippen LogP contribution in [0.4, 0.5) is 0 Å². The zero-order valence-electron chi connectivity index (χ0n) is 18.3. The molecule has 2 fully saturated rings. The molecule has 3 aliphatic carbocycles. The average molecular weight is 419 g/mol. The number of hydrogen-bond donors (Lipinski definition) is 3. The predicted octanol–water partition coefficient (Wildman–Crippen LogP) is 4.94. The fourth-order valence-corrected chi connectivity index (χ4v) is 6.55. The van der Waals surface area contributed by atoms with Gasteiger partial charge in [0.05, 0.1) is 17.8 Å². The number of aliphatic hydroxyl groups is 3. The van der Waals surface area contributed by atoms with Crippen LogP contribution in [0.3, 0.4) is 0 Å². The number of allylic oxidation sites excluding steroid dienone is 4. The van der Waals surface area contributed by atoms with Gasteiger partial charge in [0, 0.05) is 12.2 Å². The molecule has 162 valence electrons. The maximum absolute atomic E-state index is 10.1. The van der Waals surface area contributed by atoms with E-state index in [1.807, 2.05) is 25.6 Å². The summed E-state index contributed by atoms with van der Waals surface area (Å²) in [6.45, 7) is 10.2. The van der Waals surface area contributed by atoms with E-state index >= 15 is 0 Å². The molecule has 29 heavy (non-hydrogen) atoms. The van der Waals surface area contributed by atoms with E-state index in [9.17, 15) is 15.3 Å². The molecule has 3 rings (SSSR count). The van der Waals surface area contributed by atoms with Gasteiger partial charge in [-0.2, -0.15) is 11.8 Å². The summed E-state index contributed by atoms with van der Waals surface area (Å²) in [5.41, 5.74) is 4.49. The largest absolute Gasteiger partial charge is 0.393 e. The first-order chi connectivity index (χ1) is 13.6. The lowest BCUT2D eigenvalue weighted by Crippen LogP contribution is -2.31. The SMILES string of the molecule is C=C1C(=CC=C2CCC[C@]3(C)C(CSCCC(C)(C)O)=CC[C@@H]23)C[C@@H](O)C[C@@H]1O. The lowest BCUT2D eigenvalue weighted by molar-refractivity contribution is 0.0777. The van der Waals surface area contributed by atoms with Crippen LogP contribution in [0.1, 0.15) is 65.7 Å². The van der Waals surface area contributed by atoms with Gasteiger partial charge in [-0.3, -0.25) is 0 Å². The second kappa shape index (κ2) is 9.13. The minimum atomic E-state index is -0.624. The van der Waals surface area contributed by atoms with Crippen molar-refractivity contribution in [1.29, 1.82) is 0 Å². The van der Waals surface area contributed by atoms with Gasteiger partial charge in [0.15, 0.2) is 0 Å². The lowest BCUT2D eigenvalue weighted by Gasteiger charge is -2.41. The van der Waals surface area contributed by atoms with Crippen molar-refractivity contribution < 1.29 is 15.3 Å². The van der Waals surface area contributed by atoms with E-state index in [4.69, 9.17) is 0 Å².